The molecular formula is C18H31N3O3. The molecule has 1 saturated heterocycles. The van der Waals surface area contributed by atoms with Crippen molar-refractivity contribution in [2.24, 2.45) is 29.4 Å². The molecule has 2 saturated carbocycles. The zero-order chi connectivity index (χ0) is 17.1. The van der Waals surface area contributed by atoms with Crippen LogP contribution in [0.4, 0.5) is 0 Å². The van der Waals surface area contributed by atoms with Gasteiger partial charge >= 0.3 is 0 Å². The summed E-state index contributed by atoms with van der Waals surface area (Å²) in [6.45, 7) is 2.70. The van der Waals surface area contributed by atoms with Crippen molar-refractivity contribution in [2.75, 3.05) is 33.4 Å². The molecule has 3 N–H and O–H groups in total. The van der Waals surface area contributed by atoms with E-state index in [0.717, 1.165) is 32.1 Å². The minimum absolute atomic E-state index is 0.0307. The van der Waals surface area contributed by atoms with E-state index in [9.17, 15) is 9.59 Å². The number of likely N-dealkylation sites (tertiary alicyclic amines) is 1. The van der Waals surface area contributed by atoms with Gasteiger partial charge in [-0.05, 0) is 50.4 Å². The number of nitrogens with one attached hydrogen (secondary N) is 1. The van der Waals surface area contributed by atoms with Crippen LogP contribution in [0.1, 0.15) is 38.5 Å². The number of hydrogen-bond donors (Lipinski definition) is 2. The average Bonchev–Trinajstić information content (AvgIpc) is 3.19. The number of nitrogens with two attached hydrogens (primary N) is 1. The molecule has 2 bridgehead atoms. The molecule has 0 aromatic heterocycles. The summed E-state index contributed by atoms with van der Waals surface area (Å²) < 4.78 is 4.98. The van der Waals surface area contributed by atoms with E-state index in [1.54, 1.807) is 7.11 Å². The monoisotopic (exact) mass is 337 g/mol. The van der Waals surface area contributed by atoms with Crippen molar-refractivity contribution >= 4 is 11.8 Å². The average molecular weight is 337 g/mol. The maximum atomic E-state index is 12.9. The van der Waals surface area contributed by atoms with Gasteiger partial charge in [0.2, 0.25) is 11.8 Å². The van der Waals surface area contributed by atoms with E-state index in [1.165, 1.54) is 6.42 Å². The number of fused-ring (bicyclic) bond motifs is 2. The second-order valence-electron chi connectivity index (χ2n) is 7.67. The van der Waals surface area contributed by atoms with Gasteiger partial charge in [-0.1, -0.05) is 0 Å². The van der Waals surface area contributed by atoms with Gasteiger partial charge < -0.3 is 20.7 Å². The molecule has 0 aromatic rings. The van der Waals surface area contributed by atoms with Gasteiger partial charge in [0.25, 0.3) is 0 Å². The molecule has 2 aliphatic carbocycles. The number of carbonyl (C=O) groups is 2. The Kier molecular flexibility index (Phi) is 5.76. The van der Waals surface area contributed by atoms with E-state index in [-0.39, 0.29) is 29.7 Å². The maximum absolute atomic E-state index is 12.9. The quantitative estimate of drug-likeness (QED) is 0.701. The summed E-state index contributed by atoms with van der Waals surface area (Å²) >= 11 is 0. The van der Waals surface area contributed by atoms with Crippen molar-refractivity contribution in [3.05, 3.63) is 0 Å². The number of methoxy groups -OCH3 is 1. The summed E-state index contributed by atoms with van der Waals surface area (Å²) in [6, 6.07) is 0.0538. The first-order valence-corrected chi connectivity index (χ1v) is 9.42. The lowest BCUT2D eigenvalue weighted by molar-refractivity contribution is -0.141. The van der Waals surface area contributed by atoms with Gasteiger partial charge in [0.05, 0.1) is 5.92 Å². The van der Waals surface area contributed by atoms with Gasteiger partial charge in [-0.15, -0.1) is 0 Å². The SMILES string of the molecule is COCCCNC(=O)C1CCN(C(=O)C2C3CCC(C3)C2N)CC1. The third-order valence-electron chi connectivity index (χ3n) is 6.27. The molecular weight excluding hydrogens is 306 g/mol. The summed E-state index contributed by atoms with van der Waals surface area (Å²) in [5.74, 6) is 1.48. The third kappa shape index (κ3) is 3.59. The van der Waals surface area contributed by atoms with Crippen molar-refractivity contribution in [2.45, 2.75) is 44.6 Å². The molecule has 136 valence electrons. The molecule has 2 amide bonds. The highest BCUT2D eigenvalue weighted by Crippen LogP contribution is 2.48. The minimum atomic E-state index is 0.0307. The van der Waals surface area contributed by atoms with Crippen LogP contribution in [0.2, 0.25) is 0 Å². The van der Waals surface area contributed by atoms with Crippen molar-refractivity contribution < 1.29 is 14.3 Å². The fraction of sp³-hybridized carbons (Fsp3) is 0.889. The molecule has 1 aliphatic heterocycles. The Morgan fingerprint density at radius 1 is 1.17 bits per heavy atom. The number of hydrogen-bond acceptors (Lipinski definition) is 4. The molecule has 1 heterocycles. The van der Waals surface area contributed by atoms with E-state index in [2.05, 4.69) is 5.32 Å². The van der Waals surface area contributed by atoms with Gasteiger partial charge in [-0.2, -0.15) is 0 Å². The molecule has 24 heavy (non-hydrogen) atoms. The van der Waals surface area contributed by atoms with Crippen LogP contribution in [0, 0.1) is 23.7 Å². The van der Waals surface area contributed by atoms with E-state index in [0.29, 0.717) is 38.1 Å². The van der Waals surface area contributed by atoms with Crippen molar-refractivity contribution in [3.63, 3.8) is 0 Å². The predicted molar refractivity (Wildman–Crippen MR) is 91.1 cm³/mol. The number of rotatable bonds is 6. The highest BCUT2D eigenvalue weighted by atomic mass is 16.5. The Labute approximate surface area is 144 Å². The molecule has 0 aromatic carbocycles. The van der Waals surface area contributed by atoms with E-state index >= 15 is 0 Å². The number of nitrogens with zero attached hydrogens (tertiary/aromatic N) is 1. The van der Waals surface area contributed by atoms with Crippen LogP contribution in [0.5, 0.6) is 0 Å². The lowest BCUT2D eigenvalue weighted by Gasteiger charge is -2.36. The van der Waals surface area contributed by atoms with Crippen LogP contribution in [0.25, 0.3) is 0 Å². The maximum Gasteiger partial charge on any atom is 0.227 e. The Bertz CT molecular complexity index is 460. The van der Waals surface area contributed by atoms with Gasteiger partial charge in [0, 0.05) is 45.3 Å². The predicted octanol–water partition coefficient (Wildman–Crippen LogP) is 0.751. The minimum Gasteiger partial charge on any atom is -0.385 e. The van der Waals surface area contributed by atoms with Crippen LogP contribution < -0.4 is 11.1 Å². The largest absolute Gasteiger partial charge is 0.385 e. The Morgan fingerprint density at radius 3 is 2.50 bits per heavy atom. The van der Waals surface area contributed by atoms with Crippen molar-refractivity contribution in [1.82, 2.24) is 10.2 Å². The summed E-state index contributed by atoms with van der Waals surface area (Å²) in [6.07, 6.45) is 5.85. The summed E-state index contributed by atoms with van der Waals surface area (Å²) in [4.78, 5) is 27.0. The highest BCUT2D eigenvalue weighted by Gasteiger charge is 2.50. The second-order valence-corrected chi connectivity index (χ2v) is 7.67. The zero-order valence-corrected chi connectivity index (χ0v) is 14.7. The highest BCUT2D eigenvalue weighted by molar-refractivity contribution is 5.82. The van der Waals surface area contributed by atoms with Crippen LogP contribution in [-0.4, -0.2) is 56.1 Å². The van der Waals surface area contributed by atoms with Gasteiger partial charge in [0.15, 0.2) is 0 Å². The molecule has 6 heteroatoms. The lowest BCUT2D eigenvalue weighted by Crippen LogP contribution is -2.50. The second kappa shape index (κ2) is 7.83. The van der Waals surface area contributed by atoms with Crippen LogP contribution in [0.3, 0.4) is 0 Å². The van der Waals surface area contributed by atoms with Gasteiger partial charge in [0.1, 0.15) is 0 Å². The first-order valence-electron chi connectivity index (χ1n) is 9.42. The normalized spacial score (nSPS) is 33.0. The summed E-state index contributed by atoms with van der Waals surface area (Å²) in [5.41, 5.74) is 6.30. The van der Waals surface area contributed by atoms with Crippen LogP contribution in [0.15, 0.2) is 0 Å². The molecule has 3 aliphatic rings. The van der Waals surface area contributed by atoms with E-state index in [1.807, 2.05) is 4.90 Å². The Morgan fingerprint density at radius 2 is 1.88 bits per heavy atom. The topological polar surface area (TPSA) is 84.7 Å². The summed E-state index contributed by atoms with van der Waals surface area (Å²) in [7, 11) is 1.66. The summed E-state index contributed by atoms with van der Waals surface area (Å²) in [5, 5.41) is 2.97. The van der Waals surface area contributed by atoms with Crippen molar-refractivity contribution in [3.8, 4) is 0 Å². The van der Waals surface area contributed by atoms with Crippen molar-refractivity contribution in [1.29, 1.82) is 0 Å². The van der Waals surface area contributed by atoms with Crippen LogP contribution in [-0.2, 0) is 14.3 Å². The smallest absolute Gasteiger partial charge is 0.227 e. The Balaban J connectivity index is 1.43. The number of amides is 2. The lowest BCUT2D eigenvalue weighted by atomic mass is 9.83. The first kappa shape index (κ1) is 17.7. The number of ether oxygens (including phenoxy) is 1. The third-order valence-corrected chi connectivity index (χ3v) is 6.27. The first-order chi connectivity index (χ1) is 11.6. The van der Waals surface area contributed by atoms with Gasteiger partial charge in [-0.3, -0.25) is 9.59 Å². The molecule has 6 nitrogen and oxygen atoms in total. The Hall–Kier alpha value is -1.14. The molecule has 0 radical (unpaired) electrons. The standard InChI is InChI=1S/C18H31N3O3/c1-24-10-2-7-20-17(22)12-5-8-21(9-6-12)18(23)15-13-3-4-14(11-13)16(15)19/h12-16H,2-11,19H2,1H3,(H,20,22). The van der Waals surface area contributed by atoms with E-state index < -0.39 is 0 Å². The van der Waals surface area contributed by atoms with Crippen LogP contribution >= 0.6 is 0 Å². The fourth-order valence-corrected chi connectivity index (χ4v) is 4.85. The molecule has 4 atom stereocenters. The zero-order valence-electron chi connectivity index (χ0n) is 14.7. The fourth-order valence-electron chi connectivity index (χ4n) is 4.85. The molecule has 0 spiro atoms. The van der Waals surface area contributed by atoms with E-state index in [4.69, 9.17) is 10.5 Å². The molecule has 3 fully saturated rings. The number of piperidine rings is 1. The number of carbonyl (C=O) groups excluding carboxylic acids is 2. The molecule has 3 rings (SSSR count). The van der Waals surface area contributed by atoms with Gasteiger partial charge in [-0.25, -0.2) is 0 Å². The molecule has 4 unspecified atom stereocenters.